The minimum absolute atomic E-state index is 0.127. The molecule has 3 heteroatoms. The van der Waals surface area contributed by atoms with Gasteiger partial charge in [0.2, 0.25) is 0 Å². The monoisotopic (exact) mass is 290 g/mol. The van der Waals surface area contributed by atoms with E-state index >= 15 is 0 Å². The summed E-state index contributed by atoms with van der Waals surface area (Å²) >= 11 is 0. The van der Waals surface area contributed by atoms with Crippen LogP contribution in [0.5, 0.6) is 0 Å². The number of ether oxygens (including phenoxy) is 1. The summed E-state index contributed by atoms with van der Waals surface area (Å²) in [6, 6.07) is 0. The number of hydrogen-bond donors (Lipinski definition) is 1. The van der Waals surface area contributed by atoms with Crippen LogP contribution in [0.15, 0.2) is 12.2 Å². The number of aliphatic hydroxyl groups is 1. The highest BCUT2D eigenvalue weighted by Gasteiger charge is 2.68. The third-order valence-corrected chi connectivity index (χ3v) is 7.80. The minimum atomic E-state index is -0.570. The van der Waals surface area contributed by atoms with Crippen molar-refractivity contribution in [3.05, 3.63) is 12.2 Å². The van der Waals surface area contributed by atoms with E-state index in [4.69, 9.17) is 4.74 Å². The van der Waals surface area contributed by atoms with Crippen LogP contribution in [0.2, 0.25) is 0 Å². The first kappa shape index (κ1) is 13.8. The Morgan fingerprint density at radius 1 is 1.33 bits per heavy atom. The molecule has 4 bridgehead atoms. The van der Waals surface area contributed by atoms with E-state index in [1.165, 1.54) is 20.0 Å². The molecule has 116 valence electrons. The summed E-state index contributed by atoms with van der Waals surface area (Å²) in [7, 11) is 1.40. The van der Waals surface area contributed by atoms with Gasteiger partial charge < -0.3 is 9.84 Å². The molecule has 3 nitrogen and oxygen atoms in total. The zero-order chi connectivity index (χ0) is 14.9. The van der Waals surface area contributed by atoms with E-state index in [9.17, 15) is 9.90 Å². The van der Waals surface area contributed by atoms with Crippen molar-refractivity contribution >= 4 is 5.97 Å². The summed E-state index contributed by atoms with van der Waals surface area (Å²) in [5.41, 5.74) is -0.127. The number of rotatable bonds is 3. The molecule has 0 spiro atoms. The van der Waals surface area contributed by atoms with Gasteiger partial charge in [-0.3, -0.25) is 4.79 Å². The third kappa shape index (κ3) is 1.56. The van der Waals surface area contributed by atoms with E-state index in [-0.39, 0.29) is 17.8 Å². The van der Waals surface area contributed by atoms with Gasteiger partial charge in [0, 0.05) is 5.41 Å². The Morgan fingerprint density at radius 3 is 2.67 bits per heavy atom. The molecule has 0 radical (unpaired) electrons. The van der Waals surface area contributed by atoms with Gasteiger partial charge in [0.1, 0.15) is 0 Å². The van der Waals surface area contributed by atoms with Gasteiger partial charge in [-0.15, -0.1) is 0 Å². The van der Waals surface area contributed by atoms with Crippen molar-refractivity contribution in [2.45, 2.75) is 39.2 Å². The molecule has 0 aromatic heterocycles. The second-order valence-electron chi connectivity index (χ2n) is 8.06. The van der Waals surface area contributed by atoms with Crippen molar-refractivity contribution in [2.24, 2.45) is 46.8 Å². The molecule has 4 aliphatic carbocycles. The number of fused-ring (bicyclic) bond motifs is 9. The Balaban J connectivity index is 1.63. The van der Waals surface area contributed by atoms with Gasteiger partial charge in [0.05, 0.1) is 19.6 Å². The lowest BCUT2D eigenvalue weighted by Gasteiger charge is -2.49. The maximum atomic E-state index is 11.6. The van der Waals surface area contributed by atoms with E-state index in [0.717, 1.165) is 29.6 Å². The summed E-state index contributed by atoms with van der Waals surface area (Å²) in [5.74, 6) is 4.63. The van der Waals surface area contributed by atoms with E-state index in [1.54, 1.807) is 0 Å². The third-order valence-electron chi connectivity index (χ3n) is 7.80. The van der Waals surface area contributed by atoms with Crippen LogP contribution in [0, 0.1) is 46.8 Å². The fourth-order valence-electron chi connectivity index (χ4n) is 6.69. The van der Waals surface area contributed by atoms with E-state index < -0.39 is 6.10 Å². The van der Waals surface area contributed by atoms with Crippen molar-refractivity contribution in [3.8, 4) is 0 Å². The molecule has 0 aromatic rings. The standard InChI is InChI=1S/C18H26O3/c1-9-12-7-13(17-11-5-4-10(6-11)16(12)17)18(9,2)14(19)8-15(20)21-3/h4-5,9-14,16-17,19H,6-8H2,1-3H3. The van der Waals surface area contributed by atoms with Crippen LogP contribution in [-0.2, 0) is 9.53 Å². The molecule has 1 N–H and O–H groups in total. The molecule has 9 unspecified atom stereocenters. The number of hydrogen-bond acceptors (Lipinski definition) is 3. The Labute approximate surface area is 126 Å². The van der Waals surface area contributed by atoms with Crippen LogP contribution >= 0.6 is 0 Å². The number of aliphatic hydroxyl groups excluding tert-OH is 1. The number of esters is 1. The van der Waals surface area contributed by atoms with Gasteiger partial charge >= 0.3 is 5.97 Å². The molecule has 0 aliphatic heterocycles. The van der Waals surface area contributed by atoms with E-state index in [2.05, 4.69) is 26.0 Å². The van der Waals surface area contributed by atoms with Gasteiger partial charge in [-0.05, 0) is 54.3 Å². The Kier molecular flexibility index (Phi) is 2.86. The van der Waals surface area contributed by atoms with Crippen LogP contribution in [-0.4, -0.2) is 24.3 Å². The first-order valence-electron chi connectivity index (χ1n) is 8.41. The van der Waals surface area contributed by atoms with E-state index in [1.807, 2.05) is 0 Å². The summed E-state index contributed by atoms with van der Waals surface area (Å²) in [6.07, 6.45) is 7.02. The molecule has 3 fully saturated rings. The first-order chi connectivity index (χ1) is 9.98. The number of methoxy groups -OCH3 is 1. The molecule has 0 amide bonds. The molecule has 9 atom stereocenters. The van der Waals surface area contributed by atoms with Crippen LogP contribution < -0.4 is 0 Å². The fraction of sp³-hybridized carbons (Fsp3) is 0.833. The predicted octanol–water partition coefficient (Wildman–Crippen LogP) is 2.64. The highest BCUT2D eigenvalue weighted by atomic mass is 16.5. The molecule has 0 aromatic carbocycles. The largest absolute Gasteiger partial charge is 0.469 e. The van der Waals surface area contributed by atoms with Crippen molar-refractivity contribution in [1.29, 1.82) is 0 Å². The highest BCUT2D eigenvalue weighted by Crippen LogP contribution is 2.73. The van der Waals surface area contributed by atoms with Crippen LogP contribution in [0.4, 0.5) is 0 Å². The summed E-state index contributed by atoms with van der Waals surface area (Å²) < 4.78 is 4.77. The average molecular weight is 290 g/mol. The maximum Gasteiger partial charge on any atom is 0.308 e. The smallest absolute Gasteiger partial charge is 0.308 e. The molecule has 4 rings (SSSR count). The fourth-order valence-corrected chi connectivity index (χ4v) is 6.69. The summed E-state index contributed by atoms with van der Waals surface area (Å²) in [6.45, 7) is 4.53. The maximum absolute atomic E-state index is 11.6. The van der Waals surface area contributed by atoms with Crippen molar-refractivity contribution < 1.29 is 14.6 Å². The highest BCUT2D eigenvalue weighted by molar-refractivity contribution is 5.69. The van der Waals surface area contributed by atoms with Crippen molar-refractivity contribution in [3.63, 3.8) is 0 Å². The quantitative estimate of drug-likeness (QED) is 0.494. The number of carbonyl (C=O) groups excluding carboxylic acids is 1. The Hall–Kier alpha value is -0.830. The summed E-state index contributed by atoms with van der Waals surface area (Å²) in [5, 5.41) is 10.8. The molecule has 4 aliphatic rings. The SMILES string of the molecule is COC(=O)CC(O)C1(C)C(C)C2CC1C1C3C=CC(C3)C21. The Bertz CT molecular complexity index is 499. The van der Waals surface area contributed by atoms with Crippen LogP contribution in [0.25, 0.3) is 0 Å². The molecular formula is C18H26O3. The molecule has 0 heterocycles. The van der Waals surface area contributed by atoms with Crippen LogP contribution in [0.1, 0.15) is 33.1 Å². The summed E-state index contributed by atoms with van der Waals surface area (Å²) in [4.78, 5) is 11.6. The number of allylic oxidation sites excluding steroid dienone is 2. The van der Waals surface area contributed by atoms with Gasteiger partial charge in [-0.2, -0.15) is 0 Å². The van der Waals surface area contributed by atoms with Gasteiger partial charge in [0.25, 0.3) is 0 Å². The number of carbonyl (C=O) groups is 1. The zero-order valence-electron chi connectivity index (χ0n) is 13.2. The zero-order valence-corrected chi connectivity index (χ0v) is 13.2. The molecular weight excluding hydrogens is 264 g/mol. The second kappa shape index (κ2) is 4.34. The van der Waals surface area contributed by atoms with Crippen molar-refractivity contribution in [2.75, 3.05) is 7.11 Å². The van der Waals surface area contributed by atoms with Gasteiger partial charge in [-0.1, -0.05) is 26.0 Å². The normalized spacial score (nSPS) is 54.0. The predicted molar refractivity (Wildman–Crippen MR) is 79.2 cm³/mol. The lowest BCUT2D eigenvalue weighted by molar-refractivity contribution is -0.148. The lowest BCUT2D eigenvalue weighted by Crippen LogP contribution is -2.49. The van der Waals surface area contributed by atoms with Gasteiger partial charge in [0.15, 0.2) is 0 Å². The lowest BCUT2D eigenvalue weighted by atomic mass is 9.56. The van der Waals surface area contributed by atoms with Gasteiger partial charge in [-0.25, -0.2) is 0 Å². The van der Waals surface area contributed by atoms with Crippen molar-refractivity contribution in [1.82, 2.24) is 0 Å². The topological polar surface area (TPSA) is 46.5 Å². The minimum Gasteiger partial charge on any atom is -0.469 e. The molecule has 21 heavy (non-hydrogen) atoms. The molecule has 0 saturated heterocycles. The Morgan fingerprint density at radius 2 is 2.00 bits per heavy atom. The van der Waals surface area contributed by atoms with E-state index in [0.29, 0.717) is 11.8 Å². The average Bonchev–Trinajstić information content (AvgIpc) is 3.19. The second-order valence-corrected chi connectivity index (χ2v) is 8.06. The van der Waals surface area contributed by atoms with Crippen LogP contribution in [0.3, 0.4) is 0 Å². The first-order valence-corrected chi connectivity index (χ1v) is 8.41. The molecule has 3 saturated carbocycles.